The lowest BCUT2D eigenvalue weighted by molar-refractivity contribution is -0.135. The highest BCUT2D eigenvalue weighted by molar-refractivity contribution is 8.18. The zero-order valence-electron chi connectivity index (χ0n) is 14.4. The first kappa shape index (κ1) is 18.1. The van der Waals surface area contributed by atoms with E-state index in [2.05, 4.69) is 25.2 Å². The van der Waals surface area contributed by atoms with Crippen LogP contribution in [0.2, 0.25) is 0 Å². The molecule has 2 aromatic heterocycles. The number of thiophene rings is 1. The minimum atomic E-state index is -0.622. The SMILES string of the molecule is COC(=O)/C=C1\S/C(=N\Nc2nc3sc(C)c(C)c3c(=O)[nH]2)N(C)C1=O. The number of hydrogen-bond donors (Lipinski definition) is 2. The lowest BCUT2D eigenvalue weighted by atomic mass is 10.2. The Kier molecular flexibility index (Phi) is 4.83. The lowest BCUT2D eigenvalue weighted by Gasteiger charge is -2.07. The Morgan fingerprint density at radius 1 is 1.38 bits per heavy atom. The quantitative estimate of drug-likeness (QED) is 0.461. The van der Waals surface area contributed by atoms with Gasteiger partial charge in [0.1, 0.15) is 4.83 Å². The number of carbonyl (C=O) groups is 2. The molecule has 9 nitrogen and oxygen atoms in total. The number of aryl methyl sites for hydroxylation is 2. The van der Waals surface area contributed by atoms with E-state index in [1.807, 2.05) is 13.8 Å². The molecular formula is C15H15N5O4S2. The van der Waals surface area contributed by atoms with Crippen molar-refractivity contribution in [1.29, 1.82) is 0 Å². The minimum Gasteiger partial charge on any atom is -0.466 e. The van der Waals surface area contributed by atoms with Crippen LogP contribution in [-0.2, 0) is 14.3 Å². The predicted molar refractivity (Wildman–Crippen MR) is 101 cm³/mol. The molecule has 2 aromatic rings. The number of rotatable bonds is 3. The number of nitrogens with zero attached hydrogens (tertiary/aromatic N) is 3. The van der Waals surface area contributed by atoms with Gasteiger partial charge in [0.05, 0.1) is 17.4 Å². The van der Waals surface area contributed by atoms with Crippen LogP contribution < -0.4 is 11.0 Å². The van der Waals surface area contributed by atoms with Gasteiger partial charge in [-0.2, -0.15) is 0 Å². The Morgan fingerprint density at radius 2 is 2.12 bits per heavy atom. The number of esters is 1. The second-order valence-corrected chi connectivity index (χ2v) is 7.59. The number of anilines is 1. The van der Waals surface area contributed by atoms with Crippen molar-refractivity contribution in [2.75, 3.05) is 19.6 Å². The van der Waals surface area contributed by atoms with Gasteiger partial charge in [-0.25, -0.2) is 15.2 Å². The third-order valence-electron chi connectivity index (χ3n) is 3.75. The summed E-state index contributed by atoms with van der Waals surface area (Å²) in [5, 5.41) is 4.98. The summed E-state index contributed by atoms with van der Waals surface area (Å²) in [6.07, 6.45) is 1.11. The number of aromatic nitrogens is 2. The standard InChI is InChI=1S/C15H15N5O4S2/c1-6-7(2)25-12-10(6)11(22)16-14(17-12)18-19-15-20(3)13(23)8(26-15)5-9(21)24-4/h5H,1-4H3,(H2,16,17,18,22)/b8-5-,19-15-. The van der Waals surface area contributed by atoms with Crippen molar-refractivity contribution in [3.63, 3.8) is 0 Å². The molecule has 0 aliphatic carbocycles. The molecule has 0 saturated carbocycles. The molecule has 0 radical (unpaired) electrons. The van der Waals surface area contributed by atoms with E-state index in [1.165, 1.54) is 30.4 Å². The number of thioether (sulfide) groups is 1. The molecule has 1 aliphatic rings. The Bertz CT molecular complexity index is 1040. The van der Waals surface area contributed by atoms with Crippen LogP contribution in [0.15, 0.2) is 20.9 Å². The first-order valence-electron chi connectivity index (χ1n) is 7.41. The maximum Gasteiger partial charge on any atom is 0.331 e. The Morgan fingerprint density at radius 3 is 2.81 bits per heavy atom. The molecule has 136 valence electrons. The van der Waals surface area contributed by atoms with Crippen molar-refractivity contribution in [1.82, 2.24) is 14.9 Å². The number of fused-ring (bicyclic) bond motifs is 1. The molecule has 0 atom stereocenters. The smallest absolute Gasteiger partial charge is 0.331 e. The van der Waals surface area contributed by atoms with E-state index in [-0.39, 0.29) is 22.3 Å². The van der Waals surface area contributed by atoms with Crippen molar-refractivity contribution < 1.29 is 14.3 Å². The molecule has 0 spiro atoms. The summed E-state index contributed by atoms with van der Waals surface area (Å²) in [6.45, 7) is 3.81. The summed E-state index contributed by atoms with van der Waals surface area (Å²) >= 11 is 2.44. The van der Waals surface area contributed by atoms with Crippen molar-refractivity contribution in [3.8, 4) is 0 Å². The zero-order valence-corrected chi connectivity index (χ0v) is 16.0. The summed E-state index contributed by atoms with van der Waals surface area (Å²) in [5.74, 6) is -0.825. The number of carbonyl (C=O) groups excluding carboxylic acids is 2. The average molecular weight is 393 g/mol. The fourth-order valence-corrected chi connectivity index (χ4v) is 4.14. The molecule has 0 unspecified atom stereocenters. The van der Waals surface area contributed by atoms with Gasteiger partial charge in [0.25, 0.3) is 11.5 Å². The number of hydrazone groups is 1. The van der Waals surface area contributed by atoms with Gasteiger partial charge < -0.3 is 4.74 Å². The van der Waals surface area contributed by atoms with Crippen LogP contribution in [0.4, 0.5) is 5.95 Å². The third-order valence-corrected chi connectivity index (χ3v) is 5.91. The summed E-state index contributed by atoms with van der Waals surface area (Å²) in [7, 11) is 2.76. The van der Waals surface area contributed by atoms with E-state index in [4.69, 9.17) is 0 Å². The van der Waals surface area contributed by atoms with Crippen LogP contribution in [0.25, 0.3) is 10.2 Å². The van der Waals surface area contributed by atoms with E-state index in [0.29, 0.717) is 15.4 Å². The van der Waals surface area contributed by atoms with Crippen LogP contribution in [-0.4, -0.2) is 46.1 Å². The summed E-state index contributed by atoms with van der Waals surface area (Å²) in [5.41, 5.74) is 3.31. The number of nitrogens with one attached hydrogen (secondary N) is 2. The highest BCUT2D eigenvalue weighted by atomic mass is 32.2. The Balaban J connectivity index is 1.87. The van der Waals surface area contributed by atoms with Crippen LogP contribution in [0.3, 0.4) is 0 Å². The van der Waals surface area contributed by atoms with Crippen LogP contribution in [0.5, 0.6) is 0 Å². The van der Waals surface area contributed by atoms with E-state index >= 15 is 0 Å². The van der Waals surface area contributed by atoms with E-state index in [1.54, 1.807) is 0 Å². The van der Waals surface area contributed by atoms with Gasteiger partial charge in [-0.3, -0.25) is 19.5 Å². The fraction of sp³-hybridized carbons (Fsp3) is 0.267. The number of methoxy groups -OCH3 is 1. The fourth-order valence-electron chi connectivity index (χ4n) is 2.23. The molecule has 0 bridgehead atoms. The summed E-state index contributed by atoms with van der Waals surface area (Å²) in [6, 6.07) is 0. The number of amidine groups is 1. The topological polar surface area (TPSA) is 117 Å². The largest absolute Gasteiger partial charge is 0.466 e. The van der Waals surface area contributed by atoms with Gasteiger partial charge in [-0.1, -0.05) is 0 Å². The number of ether oxygens (including phenoxy) is 1. The van der Waals surface area contributed by atoms with Crippen LogP contribution in [0, 0.1) is 13.8 Å². The van der Waals surface area contributed by atoms with Gasteiger partial charge in [-0.15, -0.1) is 16.4 Å². The molecule has 3 rings (SSSR count). The number of H-pyrrole nitrogens is 1. The zero-order chi connectivity index (χ0) is 19.0. The monoisotopic (exact) mass is 393 g/mol. The molecule has 1 aliphatic heterocycles. The maximum absolute atomic E-state index is 12.2. The normalized spacial score (nSPS) is 17.5. The Hall–Kier alpha value is -2.66. The minimum absolute atomic E-state index is 0.170. The highest BCUT2D eigenvalue weighted by Gasteiger charge is 2.31. The second kappa shape index (κ2) is 6.92. The molecule has 26 heavy (non-hydrogen) atoms. The van der Waals surface area contributed by atoms with Gasteiger partial charge in [0, 0.05) is 18.0 Å². The van der Waals surface area contributed by atoms with Gasteiger partial charge >= 0.3 is 5.97 Å². The van der Waals surface area contributed by atoms with E-state index in [0.717, 1.165) is 28.3 Å². The first-order valence-corrected chi connectivity index (χ1v) is 9.04. The molecule has 1 amide bonds. The first-order chi connectivity index (χ1) is 12.3. The number of amides is 1. The van der Waals surface area contributed by atoms with Crippen LogP contribution >= 0.6 is 23.1 Å². The van der Waals surface area contributed by atoms with E-state index in [9.17, 15) is 14.4 Å². The number of likely N-dealkylation sites (N-methyl/N-ethyl adjacent to an activating group) is 1. The van der Waals surface area contributed by atoms with E-state index < -0.39 is 5.97 Å². The molecule has 11 heteroatoms. The number of hydrogen-bond acceptors (Lipinski definition) is 9. The predicted octanol–water partition coefficient (Wildman–Crippen LogP) is 1.55. The molecule has 3 heterocycles. The van der Waals surface area contributed by atoms with Gasteiger partial charge in [-0.05, 0) is 31.2 Å². The molecule has 1 fully saturated rings. The summed E-state index contributed by atoms with van der Waals surface area (Å²) < 4.78 is 4.52. The third kappa shape index (κ3) is 3.22. The van der Waals surface area contributed by atoms with Crippen molar-refractivity contribution in [3.05, 3.63) is 31.8 Å². The average Bonchev–Trinajstić information content (AvgIpc) is 3.03. The van der Waals surface area contributed by atoms with Crippen molar-refractivity contribution in [2.45, 2.75) is 13.8 Å². The van der Waals surface area contributed by atoms with Crippen molar-refractivity contribution >= 4 is 56.3 Å². The number of aromatic amines is 1. The molecule has 1 saturated heterocycles. The second-order valence-electron chi connectivity index (χ2n) is 5.38. The Labute approximate surface area is 156 Å². The lowest BCUT2D eigenvalue weighted by Crippen LogP contribution is -2.25. The highest BCUT2D eigenvalue weighted by Crippen LogP contribution is 2.30. The van der Waals surface area contributed by atoms with Gasteiger partial charge in [0.15, 0.2) is 5.17 Å². The molecule has 0 aromatic carbocycles. The van der Waals surface area contributed by atoms with Crippen molar-refractivity contribution in [2.24, 2.45) is 5.10 Å². The molecule has 2 N–H and O–H groups in total. The molecular weight excluding hydrogens is 378 g/mol. The maximum atomic E-state index is 12.2. The summed E-state index contributed by atoms with van der Waals surface area (Å²) in [4.78, 5) is 45.7. The van der Waals surface area contributed by atoms with Gasteiger partial charge in [0.2, 0.25) is 5.95 Å². The van der Waals surface area contributed by atoms with Crippen LogP contribution in [0.1, 0.15) is 10.4 Å².